The lowest BCUT2D eigenvalue weighted by molar-refractivity contribution is -0.138. The third-order valence-corrected chi connectivity index (χ3v) is 4.64. The molecule has 2 rings (SSSR count). The van der Waals surface area contributed by atoms with Gasteiger partial charge in [-0.25, -0.2) is 9.97 Å². The first-order valence-corrected chi connectivity index (χ1v) is 9.79. The maximum Gasteiger partial charge on any atom is 0.417 e. The van der Waals surface area contributed by atoms with E-state index in [0.29, 0.717) is 18.3 Å². The number of carbonyl (C=O) groups is 2. The van der Waals surface area contributed by atoms with E-state index in [0.717, 1.165) is 6.20 Å². The van der Waals surface area contributed by atoms with E-state index in [9.17, 15) is 35.9 Å². The van der Waals surface area contributed by atoms with Crippen LogP contribution in [0.4, 0.5) is 26.3 Å². The van der Waals surface area contributed by atoms with Gasteiger partial charge in [0, 0.05) is 38.6 Å². The van der Waals surface area contributed by atoms with E-state index in [1.165, 1.54) is 0 Å². The van der Waals surface area contributed by atoms with Crippen LogP contribution in [0.3, 0.4) is 0 Å². The average Bonchev–Trinajstić information content (AvgIpc) is 2.71. The number of alkyl halides is 6. The van der Waals surface area contributed by atoms with Crippen molar-refractivity contribution in [2.75, 3.05) is 26.2 Å². The van der Waals surface area contributed by atoms with Gasteiger partial charge >= 0.3 is 12.4 Å². The normalized spacial score (nSPS) is 11.9. The second-order valence-electron chi connectivity index (χ2n) is 6.33. The molecule has 0 aromatic carbocycles. The van der Waals surface area contributed by atoms with Crippen molar-refractivity contribution in [3.05, 3.63) is 57.1 Å². The fourth-order valence-corrected chi connectivity index (χ4v) is 2.96. The van der Waals surface area contributed by atoms with E-state index in [1.807, 2.05) is 0 Å². The fourth-order valence-electron chi connectivity index (χ4n) is 2.40. The molecule has 3 N–H and O–H groups in total. The largest absolute Gasteiger partial charge is 0.417 e. The van der Waals surface area contributed by atoms with Gasteiger partial charge in [0.2, 0.25) is 0 Å². The molecule has 2 aromatic heterocycles. The van der Waals surface area contributed by atoms with Gasteiger partial charge in [-0.05, 0) is 12.1 Å². The van der Waals surface area contributed by atoms with E-state index in [-0.39, 0.29) is 31.9 Å². The van der Waals surface area contributed by atoms with Gasteiger partial charge in [-0.3, -0.25) is 9.59 Å². The summed E-state index contributed by atoms with van der Waals surface area (Å²) in [6.45, 7) is 0.431. The molecule has 0 radical (unpaired) electrons. The summed E-state index contributed by atoms with van der Waals surface area (Å²) in [5.41, 5.74) is -3.21. The first kappa shape index (κ1) is 26.6. The smallest absolute Gasteiger partial charge is 0.349 e. The summed E-state index contributed by atoms with van der Waals surface area (Å²) in [5, 5.41) is 6.30. The van der Waals surface area contributed by atoms with Crippen LogP contribution in [-0.4, -0.2) is 48.0 Å². The predicted octanol–water partition coefficient (Wildman–Crippen LogP) is 3.57. The van der Waals surface area contributed by atoms with Gasteiger partial charge in [0.15, 0.2) is 0 Å². The Bertz CT molecular complexity index is 1020. The van der Waals surface area contributed by atoms with E-state index in [4.69, 9.17) is 23.2 Å². The molecule has 0 saturated heterocycles. The molecule has 15 heteroatoms. The molecule has 0 fully saturated rings. The van der Waals surface area contributed by atoms with Crippen molar-refractivity contribution in [3.63, 3.8) is 0 Å². The maximum atomic E-state index is 12.8. The molecule has 2 amide bonds. The number of halogens is 8. The SMILES string of the molecule is O=C(NCCNCCNC(=O)c1nccc(C(F)(F)F)c1Cl)c1ncc(C(F)(F)F)cc1Cl. The Hall–Kier alpha value is -2.64. The van der Waals surface area contributed by atoms with Gasteiger partial charge in [0.25, 0.3) is 11.8 Å². The van der Waals surface area contributed by atoms with Crippen molar-refractivity contribution in [1.82, 2.24) is 25.9 Å². The highest BCUT2D eigenvalue weighted by Gasteiger charge is 2.35. The molecule has 0 saturated carbocycles. The number of aromatic nitrogens is 2. The standard InChI is InChI=1S/C18H15Cl2F6N5O2/c19-11-7-9(17(21,22)23)8-31-13(11)15(32)29-5-3-27-4-6-30-16(33)14-12(20)10(1-2-28-14)18(24,25)26/h1-2,7-8,27H,3-6H2,(H,29,32)(H,30,33). The van der Waals surface area contributed by atoms with Crippen molar-refractivity contribution in [3.8, 4) is 0 Å². The molecule has 0 aliphatic rings. The molecule has 0 unspecified atom stereocenters. The average molecular weight is 518 g/mol. The Morgan fingerprint density at radius 3 is 1.94 bits per heavy atom. The molecule has 7 nitrogen and oxygen atoms in total. The monoisotopic (exact) mass is 517 g/mol. The van der Waals surface area contributed by atoms with Crippen LogP contribution < -0.4 is 16.0 Å². The number of rotatable bonds is 8. The third kappa shape index (κ3) is 7.44. The second-order valence-corrected chi connectivity index (χ2v) is 7.12. The van der Waals surface area contributed by atoms with Crippen LogP contribution in [0.25, 0.3) is 0 Å². The highest BCUT2D eigenvalue weighted by atomic mass is 35.5. The molecule has 0 atom stereocenters. The first-order chi connectivity index (χ1) is 15.3. The number of nitrogens with one attached hydrogen (secondary N) is 3. The number of hydrogen-bond donors (Lipinski definition) is 3. The molecule has 33 heavy (non-hydrogen) atoms. The predicted molar refractivity (Wildman–Crippen MR) is 106 cm³/mol. The molecule has 2 heterocycles. The fraction of sp³-hybridized carbons (Fsp3) is 0.333. The molecule has 0 spiro atoms. The summed E-state index contributed by atoms with van der Waals surface area (Å²) >= 11 is 11.3. The van der Waals surface area contributed by atoms with Crippen molar-refractivity contribution < 1.29 is 35.9 Å². The topological polar surface area (TPSA) is 96.0 Å². The molecule has 0 bridgehead atoms. The Balaban J connectivity index is 1.73. The minimum absolute atomic E-state index is 0.00726. The van der Waals surface area contributed by atoms with Gasteiger partial charge in [-0.2, -0.15) is 26.3 Å². The molecule has 0 aliphatic heterocycles. The highest BCUT2D eigenvalue weighted by Crippen LogP contribution is 2.35. The molecule has 2 aromatic rings. The summed E-state index contributed by atoms with van der Waals surface area (Å²) in [5.74, 6) is -1.68. The number of nitrogens with zero attached hydrogens (tertiary/aromatic N) is 2. The Kier molecular flexibility index (Phi) is 8.86. The van der Waals surface area contributed by atoms with Crippen molar-refractivity contribution in [2.24, 2.45) is 0 Å². The lowest BCUT2D eigenvalue weighted by atomic mass is 10.2. The van der Waals surface area contributed by atoms with Crippen LogP contribution in [0.1, 0.15) is 32.1 Å². The van der Waals surface area contributed by atoms with Crippen LogP contribution in [0.2, 0.25) is 10.0 Å². The van der Waals surface area contributed by atoms with Gasteiger partial charge in [-0.1, -0.05) is 23.2 Å². The summed E-state index contributed by atoms with van der Waals surface area (Å²) in [4.78, 5) is 31.0. The van der Waals surface area contributed by atoms with Gasteiger partial charge in [0.1, 0.15) is 11.4 Å². The summed E-state index contributed by atoms with van der Waals surface area (Å²) < 4.78 is 76.3. The van der Waals surface area contributed by atoms with Crippen LogP contribution in [0, 0.1) is 0 Å². The quantitative estimate of drug-likeness (QED) is 0.367. The number of hydrogen-bond acceptors (Lipinski definition) is 5. The van der Waals surface area contributed by atoms with Gasteiger partial charge in [0.05, 0.1) is 21.2 Å². The molecular formula is C18H15Cl2F6N5O2. The first-order valence-electron chi connectivity index (χ1n) is 9.04. The lowest BCUT2D eigenvalue weighted by Crippen LogP contribution is -2.37. The van der Waals surface area contributed by atoms with Gasteiger partial charge < -0.3 is 16.0 Å². The van der Waals surface area contributed by atoms with Crippen LogP contribution in [-0.2, 0) is 12.4 Å². The summed E-state index contributed by atoms with van der Waals surface area (Å²) in [6, 6.07) is 1.25. The zero-order chi connectivity index (χ0) is 24.8. The number of carbonyl (C=O) groups excluding carboxylic acids is 2. The summed E-state index contributed by atoms with van der Waals surface area (Å²) in [7, 11) is 0. The van der Waals surface area contributed by atoms with Gasteiger partial charge in [-0.15, -0.1) is 0 Å². The Morgan fingerprint density at radius 1 is 0.848 bits per heavy atom. The lowest BCUT2D eigenvalue weighted by Gasteiger charge is -2.12. The van der Waals surface area contributed by atoms with E-state index in [1.54, 1.807) is 0 Å². The Morgan fingerprint density at radius 2 is 1.42 bits per heavy atom. The molecule has 180 valence electrons. The molecular weight excluding hydrogens is 503 g/mol. The van der Waals surface area contributed by atoms with Crippen LogP contribution >= 0.6 is 23.2 Å². The van der Waals surface area contributed by atoms with E-state index < -0.39 is 51.0 Å². The van der Waals surface area contributed by atoms with Crippen LogP contribution in [0.15, 0.2) is 24.5 Å². The highest BCUT2D eigenvalue weighted by molar-refractivity contribution is 6.34. The minimum atomic E-state index is -4.73. The number of pyridine rings is 2. The maximum absolute atomic E-state index is 12.8. The van der Waals surface area contributed by atoms with E-state index in [2.05, 4.69) is 25.9 Å². The Labute approximate surface area is 192 Å². The van der Waals surface area contributed by atoms with Crippen molar-refractivity contribution >= 4 is 35.0 Å². The van der Waals surface area contributed by atoms with Crippen molar-refractivity contribution in [2.45, 2.75) is 12.4 Å². The summed E-state index contributed by atoms with van der Waals surface area (Å²) in [6.07, 6.45) is -8.07. The van der Waals surface area contributed by atoms with E-state index >= 15 is 0 Å². The number of amides is 2. The zero-order valence-corrected chi connectivity index (χ0v) is 17.9. The zero-order valence-electron chi connectivity index (χ0n) is 16.4. The minimum Gasteiger partial charge on any atom is -0.349 e. The molecule has 0 aliphatic carbocycles. The third-order valence-electron chi connectivity index (χ3n) is 3.97. The van der Waals surface area contributed by atoms with Crippen LogP contribution in [0.5, 0.6) is 0 Å². The second kappa shape index (κ2) is 11.0. The van der Waals surface area contributed by atoms with Crippen molar-refractivity contribution in [1.29, 1.82) is 0 Å².